The fourth-order valence-electron chi connectivity index (χ4n) is 1.21. The summed E-state index contributed by atoms with van der Waals surface area (Å²) in [6, 6.07) is -0.708. The molecule has 1 unspecified atom stereocenters. The maximum Gasteiger partial charge on any atom is 0.220 e. The van der Waals surface area contributed by atoms with Crippen molar-refractivity contribution < 1.29 is 14.7 Å². The molecule has 0 saturated carbocycles. The van der Waals surface area contributed by atoms with Gasteiger partial charge in [0, 0.05) is 20.0 Å². The summed E-state index contributed by atoms with van der Waals surface area (Å²) in [5.74, 6) is -0.395. The Bertz CT molecular complexity index is 208. The van der Waals surface area contributed by atoms with Crippen LogP contribution < -0.4 is 5.32 Å². The van der Waals surface area contributed by atoms with Crippen LogP contribution >= 0.6 is 0 Å². The molecule has 2 N–H and O–H groups in total. The molecule has 0 aliphatic rings. The highest BCUT2D eigenvalue weighted by Crippen LogP contribution is 2.00. The third kappa shape index (κ3) is 10.2. The van der Waals surface area contributed by atoms with Crippen LogP contribution in [0.4, 0.5) is 0 Å². The van der Waals surface area contributed by atoms with E-state index in [4.69, 9.17) is 5.11 Å². The Balaban J connectivity index is -0.000000506. The summed E-state index contributed by atoms with van der Waals surface area (Å²) in [6.45, 7) is 11.5. The Kier molecular flexibility index (Phi) is 19.9. The summed E-state index contributed by atoms with van der Waals surface area (Å²) in [5.41, 5.74) is 0. The Morgan fingerprint density at radius 2 is 1.61 bits per heavy atom. The van der Waals surface area contributed by atoms with Crippen LogP contribution in [-0.4, -0.2) is 54.5 Å². The zero-order chi connectivity index (χ0) is 15.1. The van der Waals surface area contributed by atoms with Crippen molar-refractivity contribution in [2.24, 2.45) is 0 Å². The number of nitrogens with zero attached hydrogens (tertiary/aromatic N) is 1. The second-order valence-corrected chi connectivity index (χ2v) is 3.12. The third-order valence-electron chi connectivity index (χ3n) is 2.03. The zero-order valence-electron chi connectivity index (χ0n) is 12.9. The molecule has 0 spiro atoms. The molecule has 0 aliphatic heterocycles. The lowest BCUT2D eigenvalue weighted by molar-refractivity contribution is -0.138. The number of nitrogens with one attached hydrogen (secondary N) is 1. The fourth-order valence-corrected chi connectivity index (χ4v) is 1.21. The third-order valence-corrected chi connectivity index (χ3v) is 2.03. The number of rotatable bonds is 6. The lowest BCUT2D eigenvalue weighted by Crippen LogP contribution is -2.47. The first-order valence-corrected chi connectivity index (χ1v) is 6.57. The van der Waals surface area contributed by atoms with Crippen LogP contribution in [0.25, 0.3) is 0 Å². The van der Waals surface area contributed by atoms with Gasteiger partial charge in [-0.1, -0.05) is 27.7 Å². The summed E-state index contributed by atoms with van der Waals surface area (Å²) in [6.07, 6.45) is 0. The molecule has 0 aromatic carbocycles. The fraction of sp³-hybridized carbons (Fsp3) is 0.846. The van der Waals surface area contributed by atoms with Gasteiger partial charge in [0.05, 0.1) is 6.61 Å². The summed E-state index contributed by atoms with van der Waals surface area (Å²) in [7, 11) is 1.76. The highest BCUT2D eigenvalue weighted by atomic mass is 16.3. The van der Waals surface area contributed by atoms with E-state index in [-0.39, 0.29) is 18.3 Å². The molecule has 0 radical (unpaired) electrons. The second kappa shape index (κ2) is 16.1. The highest BCUT2D eigenvalue weighted by molar-refractivity contribution is 5.86. The minimum atomic E-state index is -0.708. The quantitative estimate of drug-likeness (QED) is 0.751. The molecule has 0 aromatic rings. The van der Waals surface area contributed by atoms with Crippen LogP contribution in [0.3, 0.4) is 0 Å². The van der Waals surface area contributed by atoms with Gasteiger partial charge in [0.25, 0.3) is 0 Å². The number of Topliss-reactive ketones (excluding diaryl/α,β-unsaturated/α-hetero) is 1. The van der Waals surface area contributed by atoms with Gasteiger partial charge in [-0.2, -0.15) is 0 Å². The maximum atomic E-state index is 11.2. The first kappa shape index (κ1) is 22.3. The summed E-state index contributed by atoms with van der Waals surface area (Å²) >= 11 is 0. The van der Waals surface area contributed by atoms with Gasteiger partial charge in [0.15, 0.2) is 5.78 Å². The number of ketones is 1. The molecule has 110 valence electrons. The minimum absolute atomic E-state index is 0.196. The molecular weight excluding hydrogens is 232 g/mol. The maximum absolute atomic E-state index is 11.2. The first-order chi connectivity index (χ1) is 8.54. The molecule has 18 heavy (non-hydrogen) atoms. The van der Waals surface area contributed by atoms with E-state index in [0.29, 0.717) is 13.1 Å². The van der Waals surface area contributed by atoms with Gasteiger partial charge in [-0.05, 0) is 14.0 Å². The summed E-state index contributed by atoms with van der Waals surface area (Å²) < 4.78 is 0. The number of carbonyl (C=O) groups is 2. The average Bonchev–Trinajstić information content (AvgIpc) is 2.38. The molecule has 5 nitrogen and oxygen atoms in total. The van der Waals surface area contributed by atoms with Crippen molar-refractivity contribution in [3.8, 4) is 0 Å². The van der Waals surface area contributed by atoms with Crippen molar-refractivity contribution in [2.75, 3.05) is 26.7 Å². The van der Waals surface area contributed by atoms with Gasteiger partial charge in [-0.3, -0.25) is 9.59 Å². The SMILES string of the molecule is CC.CC.CNCCN(C(C)=O)C(CO)C(C)=O. The van der Waals surface area contributed by atoms with E-state index < -0.39 is 6.04 Å². The second-order valence-electron chi connectivity index (χ2n) is 3.12. The Morgan fingerprint density at radius 1 is 1.17 bits per heavy atom. The lowest BCUT2D eigenvalue weighted by Gasteiger charge is -2.27. The van der Waals surface area contributed by atoms with Crippen molar-refractivity contribution in [3.63, 3.8) is 0 Å². The number of hydrogen-bond donors (Lipinski definition) is 2. The molecule has 1 amide bonds. The standard InChI is InChI=1S/C9H18N2O3.2C2H6/c1-7(13)9(6-12)11(8(2)14)5-4-10-3;2*1-2/h9-10,12H,4-6H2,1-3H3;2*1-2H3. The van der Waals surface area contributed by atoms with E-state index >= 15 is 0 Å². The molecular formula is C13H30N2O3. The summed E-state index contributed by atoms with van der Waals surface area (Å²) in [4.78, 5) is 23.7. The average molecular weight is 262 g/mol. The normalized spacial score (nSPS) is 10.2. The van der Waals surface area contributed by atoms with Crippen molar-refractivity contribution in [3.05, 3.63) is 0 Å². The van der Waals surface area contributed by atoms with Gasteiger partial charge < -0.3 is 15.3 Å². The van der Waals surface area contributed by atoms with Gasteiger partial charge in [0.2, 0.25) is 5.91 Å². The van der Waals surface area contributed by atoms with E-state index in [1.807, 2.05) is 27.7 Å². The van der Waals surface area contributed by atoms with Gasteiger partial charge in [0.1, 0.15) is 6.04 Å². The van der Waals surface area contributed by atoms with Gasteiger partial charge >= 0.3 is 0 Å². The minimum Gasteiger partial charge on any atom is -0.394 e. The van der Waals surface area contributed by atoms with Crippen LogP contribution in [-0.2, 0) is 9.59 Å². The van der Waals surface area contributed by atoms with Crippen LogP contribution in [0.15, 0.2) is 0 Å². The molecule has 0 saturated heterocycles. The number of aliphatic hydroxyl groups is 1. The van der Waals surface area contributed by atoms with Crippen molar-refractivity contribution in [2.45, 2.75) is 47.6 Å². The van der Waals surface area contributed by atoms with Gasteiger partial charge in [-0.15, -0.1) is 0 Å². The molecule has 0 rings (SSSR count). The number of carbonyl (C=O) groups excluding carboxylic acids is 2. The van der Waals surface area contributed by atoms with Crippen molar-refractivity contribution in [1.82, 2.24) is 10.2 Å². The smallest absolute Gasteiger partial charge is 0.220 e. The van der Waals surface area contributed by atoms with Crippen LogP contribution in [0.2, 0.25) is 0 Å². The van der Waals surface area contributed by atoms with Crippen molar-refractivity contribution >= 4 is 11.7 Å². The monoisotopic (exact) mass is 262 g/mol. The van der Waals surface area contributed by atoms with Crippen LogP contribution in [0.5, 0.6) is 0 Å². The predicted octanol–water partition coefficient (Wildman–Crippen LogP) is 1.06. The van der Waals surface area contributed by atoms with Crippen molar-refractivity contribution in [1.29, 1.82) is 0 Å². The number of hydrogen-bond acceptors (Lipinski definition) is 4. The van der Waals surface area contributed by atoms with E-state index in [1.165, 1.54) is 18.7 Å². The molecule has 0 bridgehead atoms. The Hall–Kier alpha value is -0.940. The number of amides is 1. The Morgan fingerprint density at radius 3 is 1.83 bits per heavy atom. The van der Waals surface area contributed by atoms with Gasteiger partial charge in [-0.25, -0.2) is 0 Å². The molecule has 0 heterocycles. The Labute approximate surface area is 112 Å². The lowest BCUT2D eigenvalue weighted by atomic mass is 10.2. The summed E-state index contributed by atoms with van der Waals surface area (Å²) in [5, 5.41) is 11.9. The van der Waals surface area contributed by atoms with E-state index in [1.54, 1.807) is 7.05 Å². The number of likely N-dealkylation sites (N-methyl/N-ethyl adjacent to an activating group) is 1. The molecule has 0 aromatic heterocycles. The van der Waals surface area contributed by atoms with E-state index in [2.05, 4.69) is 5.32 Å². The molecule has 5 heteroatoms. The van der Waals surface area contributed by atoms with Crippen LogP contribution in [0.1, 0.15) is 41.5 Å². The highest BCUT2D eigenvalue weighted by Gasteiger charge is 2.23. The van der Waals surface area contributed by atoms with E-state index in [9.17, 15) is 9.59 Å². The first-order valence-electron chi connectivity index (χ1n) is 6.57. The number of aliphatic hydroxyl groups excluding tert-OH is 1. The van der Waals surface area contributed by atoms with Crippen LogP contribution in [0, 0.1) is 0 Å². The molecule has 0 fully saturated rings. The topological polar surface area (TPSA) is 69.6 Å². The molecule has 0 aliphatic carbocycles. The largest absolute Gasteiger partial charge is 0.394 e. The predicted molar refractivity (Wildman–Crippen MR) is 75.6 cm³/mol. The molecule has 1 atom stereocenters. The van der Waals surface area contributed by atoms with E-state index in [0.717, 1.165) is 0 Å². The zero-order valence-corrected chi connectivity index (χ0v) is 12.9.